The van der Waals surface area contributed by atoms with E-state index in [1.165, 1.54) is 5.56 Å². The first-order valence-electron chi connectivity index (χ1n) is 10.9. The number of piperidine rings is 1. The van der Waals surface area contributed by atoms with Gasteiger partial charge in [-0.1, -0.05) is 48.5 Å². The predicted octanol–water partition coefficient (Wildman–Crippen LogP) is 3.40. The Kier molecular flexibility index (Phi) is 8.90. The molecule has 1 fully saturated rings. The SMILES string of the molecule is CCNC(=NCCS(=O)c1ccccc1)NC1CCN(Cc2ccccc2)C(C)C1. The van der Waals surface area contributed by atoms with Crippen LogP contribution in [0.15, 0.2) is 70.6 Å². The molecule has 0 saturated carbocycles. The molecule has 1 aliphatic rings. The van der Waals surface area contributed by atoms with Crippen LogP contribution in [0.3, 0.4) is 0 Å². The van der Waals surface area contributed by atoms with Gasteiger partial charge in [0.15, 0.2) is 5.96 Å². The Balaban J connectivity index is 1.49. The van der Waals surface area contributed by atoms with Crippen molar-refractivity contribution in [3.05, 3.63) is 66.2 Å². The summed E-state index contributed by atoms with van der Waals surface area (Å²) >= 11 is 0. The van der Waals surface area contributed by atoms with Crippen molar-refractivity contribution in [2.75, 3.05) is 25.4 Å². The molecule has 2 aromatic carbocycles. The Morgan fingerprint density at radius 3 is 2.50 bits per heavy atom. The first-order chi connectivity index (χ1) is 14.7. The van der Waals surface area contributed by atoms with Gasteiger partial charge in [0.1, 0.15) is 0 Å². The zero-order chi connectivity index (χ0) is 21.2. The van der Waals surface area contributed by atoms with Gasteiger partial charge in [-0.25, -0.2) is 0 Å². The lowest BCUT2D eigenvalue weighted by atomic mass is 9.97. The van der Waals surface area contributed by atoms with E-state index in [1.807, 2.05) is 30.3 Å². The summed E-state index contributed by atoms with van der Waals surface area (Å²) < 4.78 is 12.4. The van der Waals surface area contributed by atoms with Crippen LogP contribution in [0.4, 0.5) is 0 Å². The maximum absolute atomic E-state index is 12.4. The van der Waals surface area contributed by atoms with Gasteiger partial charge in [0.25, 0.3) is 0 Å². The Bertz CT molecular complexity index is 812. The van der Waals surface area contributed by atoms with Crippen molar-refractivity contribution < 1.29 is 4.21 Å². The van der Waals surface area contributed by atoms with Crippen molar-refractivity contribution in [2.24, 2.45) is 4.99 Å². The Hall–Kier alpha value is -2.18. The smallest absolute Gasteiger partial charge is 0.191 e. The standard InChI is InChI=1S/C24H34N4OS/c1-3-25-24(26-15-17-30(29)23-12-8-5-9-13-23)27-22-14-16-28(20(2)18-22)19-21-10-6-4-7-11-21/h4-13,20,22H,3,14-19H2,1-2H3,(H2,25,26,27). The molecular formula is C24H34N4OS. The molecule has 3 unspecified atom stereocenters. The summed E-state index contributed by atoms with van der Waals surface area (Å²) in [6.45, 7) is 7.82. The Morgan fingerprint density at radius 2 is 1.83 bits per heavy atom. The van der Waals surface area contributed by atoms with Crippen molar-refractivity contribution in [1.82, 2.24) is 15.5 Å². The molecule has 0 amide bonds. The predicted molar refractivity (Wildman–Crippen MR) is 126 cm³/mol. The lowest BCUT2D eigenvalue weighted by molar-refractivity contribution is 0.134. The monoisotopic (exact) mass is 426 g/mol. The molecule has 1 saturated heterocycles. The third-order valence-corrected chi connectivity index (χ3v) is 6.83. The summed E-state index contributed by atoms with van der Waals surface area (Å²) in [6, 6.07) is 21.2. The van der Waals surface area contributed by atoms with Crippen LogP contribution in [-0.4, -0.2) is 52.5 Å². The van der Waals surface area contributed by atoms with Crippen LogP contribution in [0.2, 0.25) is 0 Å². The number of nitrogens with one attached hydrogen (secondary N) is 2. The number of likely N-dealkylation sites (tertiary alicyclic amines) is 1. The zero-order valence-electron chi connectivity index (χ0n) is 18.1. The summed E-state index contributed by atoms with van der Waals surface area (Å²) in [5.41, 5.74) is 1.37. The topological polar surface area (TPSA) is 56.7 Å². The van der Waals surface area contributed by atoms with Crippen molar-refractivity contribution in [1.29, 1.82) is 0 Å². The molecule has 1 aliphatic heterocycles. The van der Waals surface area contributed by atoms with Crippen LogP contribution in [0.5, 0.6) is 0 Å². The van der Waals surface area contributed by atoms with Crippen LogP contribution >= 0.6 is 0 Å². The van der Waals surface area contributed by atoms with Crippen LogP contribution in [-0.2, 0) is 17.3 Å². The number of guanidine groups is 1. The average Bonchev–Trinajstić information content (AvgIpc) is 2.77. The molecule has 0 aliphatic carbocycles. The van der Waals surface area contributed by atoms with E-state index in [2.05, 4.69) is 64.7 Å². The van der Waals surface area contributed by atoms with E-state index in [0.717, 1.165) is 43.3 Å². The normalized spacial score (nSPS) is 21.2. The number of aliphatic imine (C=N–C) groups is 1. The molecular weight excluding hydrogens is 392 g/mol. The van der Waals surface area contributed by atoms with Gasteiger partial charge in [-0.2, -0.15) is 0 Å². The van der Waals surface area contributed by atoms with E-state index in [9.17, 15) is 4.21 Å². The highest BCUT2D eigenvalue weighted by Gasteiger charge is 2.25. The van der Waals surface area contributed by atoms with Crippen LogP contribution in [0.25, 0.3) is 0 Å². The first-order valence-corrected chi connectivity index (χ1v) is 12.2. The molecule has 0 radical (unpaired) electrons. The van der Waals surface area contributed by atoms with Crippen LogP contribution in [0, 0.1) is 0 Å². The Morgan fingerprint density at radius 1 is 1.13 bits per heavy atom. The molecule has 1 heterocycles. The lowest BCUT2D eigenvalue weighted by Crippen LogP contribution is -2.51. The van der Waals surface area contributed by atoms with Gasteiger partial charge in [-0.15, -0.1) is 0 Å². The molecule has 2 aromatic rings. The molecule has 0 bridgehead atoms. The van der Waals surface area contributed by atoms with E-state index in [1.54, 1.807) is 0 Å². The Labute approximate surface area is 183 Å². The maximum atomic E-state index is 12.4. The molecule has 162 valence electrons. The minimum absolute atomic E-state index is 0.407. The van der Waals surface area contributed by atoms with Gasteiger partial charge < -0.3 is 10.6 Å². The molecule has 0 spiro atoms. The minimum Gasteiger partial charge on any atom is -0.357 e. The number of benzene rings is 2. The third-order valence-electron chi connectivity index (χ3n) is 5.48. The average molecular weight is 427 g/mol. The van der Waals surface area contributed by atoms with E-state index >= 15 is 0 Å². The van der Waals surface area contributed by atoms with Crippen molar-refractivity contribution in [3.63, 3.8) is 0 Å². The van der Waals surface area contributed by atoms with E-state index in [-0.39, 0.29) is 0 Å². The van der Waals surface area contributed by atoms with Crippen LogP contribution in [0.1, 0.15) is 32.3 Å². The lowest BCUT2D eigenvalue weighted by Gasteiger charge is -2.38. The molecule has 3 rings (SSSR count). The van der Waals surface area contributed by atoms with Crippen molar-refractivity contribution in [3.8, 4) is 0 Å². The minimum atomic E-state index is -1.01. The molecule has 0 aromatic heterocycles. The largest absolute Gasteiger partial charge is 0.357 e. The van der Waals surface area contributed by atoms with Gasteiger partial charge in [-0.3, -0.25) is 14.1 Å². The fraction of sp³-hybridized carbons (Fsp3) is 0.458. The quantitative estimate of drug-likeness (QED) is 0.502. The van der Waals surface area contributed by atoms with E-state index < -0.39 is 10.8 Å². The van der Waals surface area contributed by atoms with E-state index in [0.29, 0.717) is 24.4 Å². The second-order valence-corrected chi connectivity index (χ2v) is 9.36. The number of hydrogen-bond donors (Lipinski definition) is 2. The van der Waals surface area contributed by atoms with Gasteiger partial charge in [-0.05, 0) is 44.4 Å². The zero-order valence-corrected chi connectivity index (χ0v) is 18.9. The molecule has 2 N–H and O–H groups in total. The van der Waals surface area contributed by atoms with Gasteiger partial charge in [0, 0.05) is 42.4 Å². The molecule has 30 heavy (non-hydrogen) atoms. The summed E-state index contributed by atoms with van der Waals surface area (Å²) in [6.07, 6.45) is 2.19. The highest BCUT2D eigenvalue weighted by molar-refractivity contribution is 7.85. The van der Waals surface area contributed by atoms with Gasteiger partial charge in [0.05, 0.1) is 17.3 Å². The first kappa shape index (κ1) is 22.5. The highest BCUT2D eigenvalue weighted by Crippen LogP contribution is 2.20. The fourth-order valence-corrected chi connectivity index (χ4v) is 4.80. The summed E-state index contributed by atoms with van der Waals surface area (Å²) in [5, 5.41) is 6.93. The number of nitrogens with zero attached hydrogens (tertiary/aromatic N) is 2. The molecule has 3 atom stereocenters. The molecule has 6 heteroatoms. The second kappa shape index (κ2) is 11.9. The second-order valence-electron chi connectivity index (χ2n) is 7.79. The van der Waals surface area contributed by atoms with E-state index in [4.69, 9.17) is 0 Å². The number of hydrogen-bond acceptors (Lipinski definition) is 3. The van der Waals surface area contributed by atoms with Crippen molar-refractivity contribution in [2.45, 2.75) is 50.2 Å². The summed E-state index contributed by atoms with van der Waals surface area (Å²) in [5.74, 6) is 1.36. The van der Waals surface area contributed by atoms with Crippen molar-refractivity contribution >= 4 is 16.8 Å². The summed E-state index contributed by atoms with van der Waals surface area (Å²) in [7, 11) is -1.01. The highest BCUT2D eigenvalue weighted by atomic mass is 32.2. The number of rotatable bonds is 8. The van der Waals surface area contributed by atoms with Gasteiger partial charge in [0.2, 0.25) is 0 Å². The maximum Gasteiger partial charge on any atom is 0.191 e. The van der Waals surface area contributed by atoms with Crippen LogP contribution < -0.4 is 10.6 Å². The molecule has 5 nitrogen and oxygen atoms in total. The third kappa shape index (κ3) is 6.96. The summed E-state index contributed by atoms with van der Waals surface area (Å²) in [4.78, 5) is 8.09. The fourth-order valence-electron chi connectivity index (χ4n) is 3.85. The van der Waals surface area contributed by atoms with Gasteiger partial charge >= 0.3 is 0 Å².